The minimum Gasteiger partial charge on any atom is -0.493 e. The molecule has 0 aliphatic rings. The summed E-state index contributed by atoms with van der Waals surface area (Å²) in [4.78, 5) is 16.0. The smallest absolute Gasteiger partial charge is 0.263 e. The number of carbonyl (C=O) groups is 1. The highest BCUT2D eigenvalue weighted by atomic mass is 32.1. The lowest BCUT2D eigenvalue weighted by Crippen LogP contribution is -2.28. The van der Waals surface area contributed by atoms with Crippen molar-refractivity contribution in [1.29, 1.82) is 0 Å². The lowest BCUT2D eigenvalue weighted by molar-refractivity contribution is 0.0801. The van der Waals surface area contributed by atoms with Gasteiger partial charge in [-0.3, -0.25) is 4.79 Å². The Morgan fingerprint density at radius 1 is 1.14 bits per heavy atom. The van der Waals surface area contributed by atoms with Gasteiger partial charge in [0.2, 0.25) is 0 Å². The summed E-state index contributed by atoms with van der Waals surface area (Å²) >= 11 is 1.53. The first-order valence-corrected chi connectivity index (χ1v) is 7.89. The van der Waals surface area contributed by atoms with E-state index in [9.17, 15) is 4.79 Å². The van der Waals surface area contributed by atoms with Gasteiger partial charge in [0.15, 0.2) is 11.5 Å². The van der Waals surface area contributed by atoms with Crippen molar-refractivity contribution in [3.05, 3.63) is 45.6 Å². The van der Waals surface area contributed by atoms with Crippen molar-refractivity contribution < 1.29 is 14.3 Å². The molecule has 0 saturated heterocycles. The molecule has 0 atom stereocenters. The van der Waals surface area contributed by atoms with Crippen LogP contribution in [0.25, 0.3) is 0 Å². The topological polar surface area (TPSA) is 38.8 Å². The zero-order valence-electron chi connectivity index (χ0n) is 13.4. The molecule has 5 heteroatoms. The minimum atomic E-state index is 0.0681. The molecule has 22 heavy (non-hydrogen) atoms. The summed E-state index contributed by atoms with van der Waals surface area (Å²) in [7, 11) is 5.07. The maximum atomic E-state index is 12.3. The largest absolute Gasteiger partial charge is 0.493 e. The number of nitrogens with zero attached hydrogens (tertiary/aromatic N) is 1. The van der Waals surface area contributed by atoms with E-state index in [1.54, 1.807) is 19.1 Å². The molecule has 1 heterocycles. The number of likely N-dealkylation sites (N-methyl/N-ethyl adjacent to an activating group) is 1. The van der Waals surface area contributed by atoms with Crippen LogP contribution in [0, 0.1) is 6.92 Å². The van der Waals surface area contributed by atoms with Crippen LogP contribution in [-0.2, 0) is 6.42 Å². The van der Waals surface area contributed by atoms with Crippen LogP contribution in [0.15, 0.2) is 30.3 Å². The van der Waals surface area contributed by atoms with Crippen LogP contribution < -0.4 is 9.47 Å². The number of amides is 1. The standard InChI is InChI=1S/C17H21NO3S/c1-12-5-8-16(22-12)17(19)18(2)10-9-13-6-7-14(20-3)15(11-13)21-4/h5-8,11H,9-10H2,1-4H3. The molecule has 0 aliphatic carbocycles. The Labute approximate surface area is 135 Å². The molecule has 0 saturated carbocycles. The molecule has 1 aromatic heterocycles. The van der Waals surface area contributed by atoms with Crippen molar-refractivity contribution in [2.24, 2.45) is 0 Å². The maximum Gasteiger partial charge on any atom is 0.263 e. The van der Waals surface area contributed by atoms with Gasteiger partial charge in [0.1, 0.15) is 0 Å². The molecule has 0 bridgehead atoms. The molecule has 4 nitrogen and oxygen atoms in total. The predicted molar refractivity (Wildman–Crippen MR) is 89.3 cm³/mol. The molecule has 0 aliphatic heterocycles. The van der Waals surface area contributed by atoms with Crippen molar-refractivity contribution in [1.82, 2.24) is 4.90 Å². The molecular weight excluding hydrogens is 298 g/mol. The highest BCUT2D eigenvalue weighted by Crippen LogP contribution is 2.27. The van der Waals surface area contributed by atoms with Crippen LogP contribution in [0.3, 0.4) is 0 Å². The fourth-order valence-corrected chi connectivity index (χ4v) is 3.03. The second-order valence-electron chi connectivity index (χ2n) is 5.08. The molecule has 118 valence electrons. The first-order valence-electron chi connectivity index (χ1n) is 7.08. The number of methoxy groups -OCH3 is 2. The van der Waals surface area contributed by atoms with E-state index < -0.39 is 0 Å². The van der Waals surface area contributed by atoms with Crippen LogP contribution in [0.5, 0.6) is 11.5 Å². The van der Waals surface area contributed by atoms with E-state index in [0.717, 1.165) is 21.7 Å². The van der Waals surface area contributed by atoms with E-state index in [4.69, 9.17) is 9.47 Å². The number of ether oxygens (including phenoxy) is 2. The average Bonchev–Trinajstić information content (AvgIpc) is 2.97. The molecule has 0 spiro atoms. The zero-order valence-corrected chi connectivity index (χ0v) is 14.2. The highest BCUT2D eigenvalue weighted by molar-refractivity contribution is 7.13. The fourth-order valence-electron chi connectivity index (χ4n) is 2.17. The second kappa shape index (κ2) is 7.31. The van der Waals surface area contributed by atoms with Crippen molar-refractivity contribution in [3.8, 4) is 11.5 Å². The van der Waals surface area contributed by atoms with Crippen LogP contribution >= 0.6 is 11.3 Å². The summed E-state index contributed by atoms with van der Waals surface area (Å²) in [5.74, 6) is 1.49. The summed E-state index contributed by atoms with van der Waals surface area (Å²) in [6.45, 7) is 2.66. The normalized spacial score (nSPS) is 10.4. The Morgan fingerprint density at radius 3 is 2.45 bits per heavy atom. The lowest BCUT2D eigenvalue weighted by Gasteiger charge is -2.17. The molecule has 2 aromatic rings. The van der Waals surface area contributed by atoms with Crippen LogP contribution in [0.4, 0.5) is 0 Å². The molecule has 2 rings (SSSR count). The van der Waals surface area contributed by atoms with Gasteiger partial charge >= 0.3 is 0 Å². The van der Waals surface area contributed by atoms with E-state index in [0.29, 0.717) is 18.0 Å². The number of hydrogen-bond acceptors (Lipinski definition) is 4. The molecule has 1 amide bonds. The van der Waals surface area contributed by atoms with Gasteiger partial charge in [0.25, 0.3) is 5.91 Å². The van der Waals surface area contributed by atoms with Crippen molar-refractivity contribution in [2.45, 2.75) is 13.3 Å². The van der Waals surface area contributed by atoms with E-state index in [1.165, 1.54) is 11.3 Å². The van der Waals surface area contributed by atoms with Gasteiger partial charge in [-0.1, -0.05) is 6.07 Å². The number of thiophene rings is 1. The Kier molecular flexibility index (Phi) is 5.44. The summed E-state index contributed by atoms with van der Waals surface area (Å²) in [6.07, 6.45) is 0.771. The van der Waals surface area contributed by atoms with E-state index in [1.807, 2.05) is 44.3 Å². The summed E-state index contributed by atoms with van der Waals surface area (Å²) in [5, 5.41) is 0. The summed E-state index contributed by atoms with van der Waals surface area (Å²) < 4.78 is 10.5. The van der Waals surface area contributed by atoms with Crippen LogP contribution in [0.1, 0.15) is 20.1 Å². The summed E-state index contributed by atoms with van der Waals surface area (Å²) in [5.41, 5.74) is 1.11. The third-order valence-electron chi connectivity index (χ3n) is 3.48. The Balaban J connectivity index is 1.99. The fraction of sp³-hybridized carbons (Fsp3) is 0.353. The first kappa shape index (κ1) is 16.4. The predicted octanol–water partition coefficient (Wildman–Crippen LogP) is 3.39. The van der Waals surface area contributed by atoms with Gasteiger partial charge in [0.05, 0.1) is 19.1 Å². The molecule has 0 N–H and O–H groups in total. The van der Waals surface area contributed by atoms with E-state index >= 15 is 0 Å². The number of benzene rings is 1. The summed E-state index contributed by atoms with van der Waals surface area (Å²) in [6, 6.07) is 9.69. The minimum absolute atomic E-state index is 0.0681. The van der Waals surface area contributed by atoms with Crippen molar-refractivity contribution in [2.75, 3.05) is 27.8 Å². The van der Waals surface area contributed by atoms with Crippen LogP contribution in [-0.4, -0.2) is 38.6 Å². The van der Waals surface area contributed by atoms with E-state index in [2.05, 4.69) is 0 Å². The SMILES string of the molecule is COc1ccc(CCN(C)C(=O)c2ccc(C)s2)cc1OC. The Morgan fingerprint density at radius 2 is 1.86 bits per heavy atom. The quantitative estimate of drug-likeness (QED) is 0.819. The van der Waals surface area contributed by atoms with Gasteiger partial charge in [0, 0.05) is 18.5 Å². The molecule has 0 radical (unpaired) electrons. The van der Waals surface area contributed by atoms with Gasteiger partial charge in [-0.05, 0) is 43.2 Å². The van der Waals surface area contributed by atoms with Gasteiger partial charge < -0.3 is 14.4 Å². The number of aryl methyl sites for hydroxylation is 1. The second-order valence-corrected chi connectivity index (χ2v) is 6.36. The number of rotatable bonds is 6. The lowest BCUT2D eigenvalue weighted by atomic mass is 10.1. The number of carbonyl (C=O) groups excluding carboxylic acids is 1. The average molecular weight is 319 g/mol. The molecular formula is C17H21NO3S. The van der Waals surface area contributed by atoms with Gasteiger partial charge in [-0.2, -0.15) is 0 Å². The van der Waals surface area contributed by atoms with Crippen LogP contribution in [0.2, 0.25) is 0 Å². The van der Waals surface area contributed by atoms with Gasteiger partial charge in [-0.15, -0.1) is 11.3 Å². The third-order valence-corrected chi connectivity index (χ3v) is 4.47. The molecule has 1 aromatic carbocycles. The zero-order chi connectivity index (χ0) is 16.1. The third kappa shape index (κ3) is 3.80. The highest BCUT2D eigenvalue weighted by Gasteiger charge is 2.13. The van der Waals surface area contributed by atoms with Crippen molar-refractivity contribution >= 4 is 17.2 Å². The van der Waals surface area contributed by atoms with Gasteiger partial charge in [-0.25, -0.2) is 0 Å². The molecule has 0 unspecified atom stereocenters. The Bertz CT molecular complexity index is 651. The molecule has 0 fully saturated rings. The monoisotopic (exact) mass is 319 g/mol. The maximum absolute atomic E-state index is 12.3. The Hall–Kier alpha value is -2.01. The van der Waals surface area contributed by atoms with E-state index in [-0.39, 0.29) is 5.91 Å². The first-order chi connectivity index (χ1) is 10.5. The van der Waals surface area contributed by atoms with Crippen molar-refractivity contribution in [3.63, 3.8) is 0 Å². The number of hydrogen-bond donors (Lipinski definition) is 0.